The molecule has 1 unspecified atom stereocenters. The second kappa shape index (κ2) is 7.34. The van der Waals surface area contributed by atoms with Crippen LogP contribution in [0.15, 0.2) is 51.8 Å². The van der Waals surface area contributed by atoms with Gasteiger partial charge in [0.25, 0.3) is 5.69 Å². The van der Waals surface area contributed by atoms with E-state index in [1.165, 1.54) is 24.3 Å². The highest BCUT2D eigenvalue weighted by molar-refractivity contribution is 9.10. The molecule has 2 aromatic rings. The lowest BCUT2D eigenvalue weighted by atomic mass is 10.1. The summed E-state index contributed by atoms with van der Waals surface area (Å²) in [6.07, 6.45) is 0. The average Bonchev–Trinajstić information content (AvgIpc) is 2.51. The van der Waals surface area contributed by atoms with Crippen molar-refractivity contribution in [3.8, 4) is 0 Å². The van der Waals surface area contributed by atoms with E-state index in [4.69, 9.17) is 5.73 Å². The number of hydrogen-bond acceptors (Lipinski definition) is 5. The Kier molecular flexibility index (Phi) is 5.65. The molecule has 3 N–H and O–H groups in total. The molecule has 2 rings (SSSR count). The molecule has 0 bridgehead atoms. The summed E-state index contributed by atoms with van der Waals surface area (Å²) in [7, 11) is -4.14. The Morgan fingerprint density at radius 1 is 1.29 bits per heavy atom. The average molecular weight is 418 g/mol. The van der Waals surface area contributed by atoms with Crippen LogP contribution < -0.4 is 10.5 Å². The standard InChI is InChI=1S/C14H13BrFN3O4S/c15-10-5-9(6-11(16)7-10)12(17)8-18-24(22,23)14-4-2-1-3-13(14)19(20)21/h1-7,12,18H,8,17H2. The first-order valence-corrected chi connectivity index (χ1v) is 8.93. The monoisotopic (exact) mass is 417 g/mol. The summed E-state index contributed by atoms with van der Waals surface area (Å²) in [5, 5.41) is 10.9. The van der Waals surface area contributed by atoms with Crippen molar-refractivity contribution in [2.75, 3.05) is 6.54 Å². The number of hydrogen-bond donors (Lipinski definition) is 2. The number of nitrogens with two attached hydrogens (primary N) is 1. The summed E-state index contributed by atoms with van der Waals surface area (Å²) in [5.74, 6) is -0.517. The van der Waals surface area contributed by atoms with E-state index in [1.54, 1.807) is 6.07 Å². The van der Waals surface area contributed by atoms with Gasteiger partial charge in [0.2, 0.25) is 10.0 Å². The number of nitro benzene ring substituents is 1. The van der Waals surface area contributed by atoms with Crippen molar-refractivity contribution in [2.45, 2.75) is 10.9 Å². The van der Waals surface area contributed by atoms with Crippen LogP contribution in [0.4, 0.5) is 10.1 Å². The maximum Gasteiger partial charge on any atom is 0.289 e. The van der Waals surface area contributed by atoms with Crippen LogP contribution in [0.1, 0.15) is 11.6 Å². The number of nitrogens with one attached hydrogen (secondary N) is 1. The van der Waals surface area contributed by atoms with Crippen LogP contribution >= 0.6 is 15.9 Å². The minimum atomic E-state index is -4.14. The third-order valence-electron chi connectivity index (χ3n) is 3.16. The molecule has 0 aliphatic heterocycles. The molecule has 0 aromatic heterocycles. The second-order valence-electron chi connectivity index (χ2n) is 4.89. The molecule has 2 aromatic carbocycles. The van der Waals surface area contributed by atoms with Crippen LogP contribution in [0.5, 0.6) is 0 Å². The molecule has 0 amide bonds. The van der Waals surface area contributed by atoms with Gasteiger partial charge in [0.1, 0.15) is 5.82 Å². The number of halogens is 2. The van der Waals surface area contributed by atoms with E-state index in [-0.39, 0.29) is 6.54 Å². The number of rotatable bonds is 6. The molecule has 7 nitrogen and oxygen atoms in total. The summed E-state index contributed by atoms with van der Waals surface area (Å²) in [4.78, 5) is 9.71. The van der Waals surface area contributed by atoms with Crippen molar-refractivity contribution < 1.29 is 17.7 Å². The molecule has 10 heteroatoms. The van der Waals surface area contributed by atoms with E-state index in [0.29, 0.717) is 10.0 Å². The molecule has 128 valence electrons. The first-order chi connectivity index (χ1) is 11.2. The predicted octanol–water partition coefficient (Wildman–Crippen LogP) is 2.47. The topological polar surface area (TPSA) is 115 Å². The van der Waals surface area contributed by atoms with Crippen LogP contribution in [-0.2, 0) is 10.0 Å². The van der Waals surface area contributed by atoms with Crippen molar-refractivity contribution in [1.82, 2.24) is 4.72 Å². The summed E-state index contributed by atoms with van der Waals surface area (Å²) in [6.45, 7) is -0.246. The minimum absolute atomic E-state index is 0.246. The van der Waals surface area contributed by atoms with Gasteiger partial charge in [-0.05, 0) is 29.8 Å². The highest BCUT2D eigenvalue weighted by Crippen LogP contribution is 2.23. The molecule has 0 heterocycles. The number of benzene rings is 2. The van der Waals surface area contributed by atoms with E-state index in [9.17, 15) is 22.9 Å². The maximum atomic E-state index is 13.4. The van der Waals surface area contributed by atoms with Crippen LogP contribution in [0.2, 0.25) is 0 Å². The van der Waals surface area contributed by atoms with Crippen molar-refractivity contribution in [3.05, 3.63) is 68.4 Å². The lowest BCUT2D eigenvalue weighted by molar-refractivity contribution is -0.387. The van der Waals surface area contributed by atoms with E-state index < -0.39 is 37.4 Å². The second-order valence-corrected chi connectivity index (χ2v) is 7.54. The first-order valence-electron chi connectivity index (χ1n) is 6.65. The first kappa shape index (κ1) is 18.5. The molecule has 0 spiro atoms. The fraction of sp³-hybridized carbons (Fsp3) is 0.143. The van der Waals surface area contributed by atoms with Gasteiger partial charge in [-0.2, -0.15) is 0 Å². The van der Waals surface area contributed by atoms with Gasteiger partial charge in [0.05, 0.1) is 4.92 Å². The van der Waals surface area contributed by atoms with E-state index >= 15 is 0 Å². The van der Waals surface area contributed by atoms with Gasteiger partial charge in [-0.25, -0.2) is 17.5 Å². The van der Waals surface area contributed by atoms with Crippen molar-refractivity contribution >= 4 is 31.6 Å². The minimum Gasteiger partial charge on any atom is -0.323 e. The number of para-hydroxylation sites is 1. The fourth-order valence-corrected chi connectivity index (χ4v) is 3.73. The van der Waals surface area contributed by atoms with Crippen molar-refractivity contribution in [1.29, 1.82) is 0 Å². The van der Waals surface area contributed by atoms with Crippen LogP contribution in [0.3, 0.4) is 0 Å². The molecular formula is C14H13BrFN3O4S. The zero-order valence-corrected chi connectivity index (χ0v) is 14.6. The molecule has 24 heavy (non-hydrogen) atoms. The van der Waals surface area contributed by atoms with Crippen LogP contribution in [0, 0.1) is 15.9 Å². The number of nitrogens with zero attached hydrogens (tertiary/aromatic N) is 1. The Morgan fingerprint density at radius 3 is 2.58 bits per heavy atom. The quantitative estimate of drug-likeness (QED) is 0.553. The molecule has 0 saturated heterocycles. The summed E-state index contributed by atoms with van der Waals surface area (Å²) in [6, 6.07) is 8.14. The third-order valence-corrected chi connectivity index (χ3v) is 5.09. The molecule has 0 aliphatic carbocycles. The third kappa shape index (κ3) is 4.35. The van der Waals surface area contributed by atoms with Gasteiger partial charge in [0.15, 0.2) is 4.90 Å². The zero-order chi connectivity index (χ0) is 17.9. The van der Waals surface area contributed by atoms with Gasteiger partial charge in [-0.1, -0.05) is 28.1 Å². The highest BCUT2D eigenvalue weighted by Gasteiger charge is 2.25. The normalized spacial score (nSPS) is 12.8. The number of sulfonamides is 1. The van der Waals surface area contributed by atoms with E-state index in [2.05, 4.69) is 20.7 Å². The van der Waals surface area contributed by atoms with Gasteiger partial charge in [-0.15, -0.1) is 0 Å². The van der Waals surface area contributed by atoms with Crippen LogP contribution in [-0.4, -0.2) is 19.9 Å². The Bertz CT molecular complexity index is 856. The molecule has 1 atom stereocenters. The summed E-state index contributed by atoms with van der Waals surface area (Å²) in [5.41, 5.74) is 5.71. The van der Waals surface area contributed by atoms with Gasteiger partial charge >= 0.3 is 0 Å². The Labute approximate surface area is 146 Å². The zero-order valence-electron chi connectivity index (χ0n) is 12.1. The van der Waals surface area contributed by atoms with E-state index in [1.807, 2.05) is 0 Å². The van der Waals surface area contributed by atoms with Crippen LogP contribution in [0.25, 0.3) is 0 Å². The predicted molar refractivity (Wildman–Crippen MR) is 89.3 cm³/mol. The molecule has 0 fully saturated rings. The fourth-order valence-electron chi connectivity index (χ4n) is 2.02. The lowest BCUT2D eigenvalue weighted by Gasteiger charge is -2.14. The molecular weight excluding hydrogens is 405 g/mol. The smallest absolute Gasteiger partial charge is 0.289 e. The SMILES string of the molecule is NC(CNS(=O)(=O)c1ccccc1[N+](=O)[O-])c1cc(F)cc(Br)c1. The summed E-state index contributed by atoms with van der Waals surface area (Å²) >= 11 is 3.12. The molecule has 0 radical (unpaired) electrons. The van der Waals surface area contributed by atoms with Crippen molar-refractivity contribution in [2.24, 2.45) is 5.73 Å². The van der Waals surface area contributed by atoms with Gasteiger partial charge in [-0.3, -0.25) is 10.1 Å². The van der Waals surface area contributed by atoms with Gasteiger partial charge in [0, 0.05) is 23.1 Å². The lowest BCUT2D eigenvalue weighted by Crippen LogP contribution is -2.32. The Hall–Kier alpha value is -1.88. The maximum absolute atomic E-state index is 13.4. The largest absolute Gasteiger partial charge is 0.323 e. The highest BCUT2D eigenvalue weighted by atomic mass is 79.9. The van der Waals surface area contributed by atoms with Crippen molar-refractivity contribution in [3.63, 3.8) is 0 Å². The molecule has 0 aliphatic rings. The summed E-state index contributed by atoms with van der Waals surface area (Å²) < 4.78 is 40.6. The Morgan fingerprint density at radius 2 is 1.96 bits per heavy atom. The number of nitro groups is 1. The Balaban J connectivity index is 2.20. The molecule has 0 saturated carbocycles. The van der Waals surface area contributed by atoms with E-state index in [0.717, 1.165) is 12.1 Å². The van der Waals surface area contributed by atoms with Gasteiger partial charge < -0.3 is 5.73 Å².